The molecule has 0 aliphatic rings. The van der Waals surface area contributed by atoms with E-state index in [0.29, 0.717) is 31.5 Å². The van der Waals surface area contributed by atoms with Gasteiger partial charge in [-0.2, -0.15) is 0 Å². The average Bonchev–Trinajstić information content (AvgIpc) is 2.41. The molecule has 0 fully saturated rings. The van der Waals surface area contributed by atoms with Crippen molar-refractivity contribution in [2.75, 3.05) is 12.3 Å². The van der Waals surface area contributed by atoms with Gasteiger partial charge in [0, 0.05) is 16.2 Å². The summed E-state index contributed by atoms with van der Waals surface area (Å²) in [7, 11) is 0. The summed E-state index contributed by atoms with van der Waals surface area (Å²) in [6, 6.07) is 10.2. The first-order valence-electron chi connectivity index (χ1n) is 5.78. The molecular formula is C14H12BrCl2NO2. The van der Waals surface area contributed by atoms with Gasteiger partial charge in [-0.25, -0.2) is 0 Å². The lowest BCUT2D eigenvalue weighted by atomic mass is 10.1. The van der Waals surface area contributed by atoms with Crippen molar-refractivity contribution in [3.05, 3.63) is 56.5 Å². The van der Waals surface area contributed by atoms with Gasteiger partial charge in [-0.1, -0.05) is 35.3 Å². The van der Waals surface area contributed by atoms with Gasteiger partial charge in [-0.3, -0.25) is 0 Å². The van der Waals surface area contributed by atoms with Crippen molar-refractivity contribution in [3.63, 3.8) is 0 Å². The zero-order chi connectivity index (χ0) is 14.7. The summed E-state index contributed by atoms with van der Waals surface area (Å²) in [6.07, 6.45) is -0.794. The first kappa shape index (κ1) is 15.4. The first-order chi connectivity index (χ1) is 9.47. The highest BCUT2D eigenvalue weighted by Crippen LogP contribution is 2.34. The van der Waals surface area contributed by atoms with Crippen molar-refractivity contribution >= 4 is 44.8 Å². The van der Waals surface area contributed by atoms with Crippen LogP contribution in [0.5, 0.6) is 5.75 Å². The molecule has 3 N–H and O–H groups in total. The van der Waals surface area contributed by atoms with Crippen LogP contribution in [-0.4, -0.2) is 11.7 Å². The minimum absolute atomic E-state index is 0.0567. The van der Waals surface area contributed by atoms with Gasteiger partial charge in [-0.15, -0.1) is 0 Å². The summed E-state index contributed by atoms with van der Waals surface area (Å²) < 4.78 is 6.19. The summed E-state index contributed by atoms with van der Waals surface area (Å²) in [4.78, 5) is 0. The summed E-state index contributed by atoms with van der Waals surface area (Å²) in [6.45, 7) is 0.0567. The van der Waals surface area contributed by atoms with Crippen molar-refractivity contribution in [3.8, 4) is 5.75 Å². The van der Waals surface area contributed by atoms with Crippen molar-refractivity contribution in [2.45, 2.75) is 6.10 Å². The molecule has 106 valence electrons. The summed E-state index contributed by atoms with van der Waals surface area (Å²) in [5.41, 5.74) is 6.94. The quantitative estimate of drug-likeness (QED) is 0.612. The topological polar surface area (TPSA) is 55.5 Å². The molecule has 3 nitrogen and oxygen atoms in total. The van der Waals surface area contributed by atoms with Crippen molar-refractivity contribution in [1.82, 2.24) is 0 Å². The Bertz CT molecular complexity index is 622. The first-order valence-corrected chi connectivity index (χ1v) is 7.33. The number of hydrogen-bond acceptors (Lipinski definition) is 3. The fraction of sp³-hybridized carbons (Fsp3) is 0.143. The third-order valence-corrected chi connectivity index (χ3v) is 4.16. The van der Waals surface area contributed by atoms with Crippen molar-refractivity contribution in [1.29, 1.82) is 0 Å². The lowest BCUT2D eigenvalue weighted by molar-refractivity contribution is 0.108. The molecule has 2 rings (SSSR count). The van der Waals surface area contributed by atoms with Crippen LogP contribution in [0.4, 0.5) is 5.69 Å². The van der Waals surface area contributed by atoms with Crippen LogP contribution in [0, 0.1) is 0 Å². The smallest absolute Gasteiger partial charge is 0.139 e. The SMILES string of the molecule is Nc1cccc(C(O)COc2cc(Cl)c(Br)cc2Cl)c1. The highest BCUT2D eigenvalue weighted by molar-refractivity contribution is 9.10. The molecule has 2 aromatic carbocycles. The molecule has 2 aromatic rings. The van der Waals surface area contributed by atoms with Crippen LogP contribution in [0.3, 0.4) is 0 Å². The molecule has 0 aromatic heterocycles. The number of nitrogen functional groups attached to an aromatic ring is 1. The van der Waals surface area contributed by atoms with Crippen LogP contribution < -0.4 is 10.5 Å². The van der Waals surface area contributed by atoms with E-state index in [1.807, 2.05) is 0 Å². The van der Waals surface area contributed by atoms with E-state index in [-0.39, 0.29) is 6.61 Å². The Labute approximate surface area is 135 Å². The predicted octanol–water partition coefficient (Wildman–Crippen LogP) is 4.45. The molecule has 0 saturated heterocycles. The molecule has 0 heterocycles. The van der Waals surface area contributed by atoms with Crippen LogP contribution >= 0.6 is 39.1 Å². The highest BCUT2D eigenvalue weighted by atomic mass is 79.9. The summed E-state index contributed by atoms with van der Waals surface area (Å²) in [5, 5.41) is 11.0. The maximum absolute atomic E-state index is 10.1. The number of aliphatic hydroxyl groups excluding tert-OH is 1. The number of aliphatic hydroxyl groups is 1. The molecule has 1 unspecified atom stereocenters. The van der Waals surface area contributed by atoms with E-state index in [0.717, 1.165) is 0 Å². The average molecular weight is 377 g/mol. The molecule has 0 radical (unpaired) electrons. The summed E-state index contributed by atoms with van der Waals surface area (Å²) >= 11 is 15.3. The number of benzene rings is 2. The maximum Gasteiger partial charge on any atom is 0.139 e. The van der Waals surface area contributed by atoms with E-state index < -0.39 is 6.10 Å². The molecule has 0 saturated carbocycles. The van der Waals surface area contributed by atoms with Gasteiger partial charge in [0.05, 0.1) is 10.0 Å². The zero-order valence-electron chi connectivity index (χ0n) is 10.3. The van der Waals surface area contributed by atoms with Crippen LogP contribution in [0.25, 0.3) is 0 Å². The minimum atomic E-state index is -0.794. The second kappa shape index (κ2) is 6.68. The number of ether oxygens (including phenoxy) is 1. The molecule has 6 heteroatoms. The van der Waals surface area contributed by atoms with Gasteiger partial charge in [0.15, 0.2) is 0 Å². The van der Waals surface area contributed by atoms with E-state index in [9.17, 15) is 5.11 Å². The van der Waals surface area contributed by atoms with Crippen LogP contribution in [0.2, 0.25) is 10.0 Å². The van der Waals surface area contributed by atoms with Crippen LogP contribution in [0.15, 0.2) is 40.9 Å². The Kier molecular flexibility index (Phi) is 5.16. The van der Waals surface area contributed by atoms with Gasteiger partial charge in [0.1, 0.15) is 18.5 Å². The second-order valence-corrected chi connectivity index (χ2v) is 5.86. The van der Waals surface area contributed by atoms with Crippen LogP contribution in [-0.2, 0) is 0 Å². The lowest BCUT2D eigenvalue weighted by Crippen LogP contribution is -2.10. The standard InChI is InChI=1S/C14H12BrCl2NO2/c15-10-5-12(17)14(6-11(10)16)20-7-13(19)8-2-1-3-9(18)4-8/h1-6,13,19H,7,18H2. The Hall–Kier alpha value is -0.940. The van der Waals surface area contributed by atoms with E-state index in [1.54, 1.807) is 36.4 Å². The number of nitrogens with two attached hydrogens (primary N) is 1. The second-order valence-electron chi connectivity index (χ2n) is 4.19. The maximum atomic E-state index is 10.1. The van der Waals surface area contributed by atoms with Crippen molar-refractivity contribution < 1.29 is 9.84 Å². The fourth-order valence-electron chi connectivity index (χ4n) is 1.65. The van der Waals surface area contributed by atoms with Gasteiger partial charge < -0.3 is 15.6 Å². The summed E-state index contributed by atoms with van der Waals surface area (Å²) in [5.74, 6) is 0.419. The van der Waals surface area contributed by atoms with E-state index in [1.165, 1.54) is 0 Å². The van der Waals surface area contributed by atoms with E-state index in [4.69, 9.17) is 33.7 Å². The Balaban J connectivity index is 2.07. The van der Waals surface area contributed by atoms with E-state index in [2.05, 4.69) is 15.9 Å². The highest BCUT2D eigenvalue weighted by Gasteiger charge is 2.12. The van der Waals surface area contributed by atoms with Crippen molar-refractivity contribution in [2.24, 2.45) is 0 Å². The third-order valence-electron chi connectivity index (χ3n) is 2.67. The molecule has 0 aliphatic heterocycles. The number of hydrogen-bond donors (Lipinski definition) is 2. The largest absolute Gasteiger partial charge is 0.489 e. The number of rotatable bonds is 4. The van der Waals surface area contributed by atoms with Gasteiger partial charge in [0.2, 0.25) is 0 Å². The fourth-order valence-corrected chi connectivity index (χ4v) is 2.49. The minimum Gasteiger partial charge on any atom is -0.489 e. The number of anilines is 1. The normalized spacial score (nSPS) is 12.2. The Morgan fingerprint density at radius 1 is 1.20 bits per heavy atom. The molecular weight excluding hydrogens is 365 g/mol. The Morgan fingerprint density at radius 2 is 1.95 bits per heavy atom. The van der Waals surface area contributed by atoms with Gasteiger partial charge in [-0.05, 0) is 39.7 Å². The number of halogens is 3. The zero-order valence-corrected chi connectivity index (χ0v) is 13.4. The molecule has 1 atom stereocenters. The van der Waals surface area contributed by atoms with Gasteiger partial charge in [0.25, 0.3) is 0 Å². The predicted molar refractivity (Wildman–Crippen MR) is 85.5 cm³/mol. The molecule has 0 aliphatic carbocycles. The molecule has 0 amide bonds. The molecule has 20 heavy (non-hydrogen) atoms. The third kappa shape index (κ3) is 3.79. The molecule has 0 bridgehead atoms. The van der Waals surface area contributed by atoms with E-state index >= 15 is 0 Å². The van der Waals surface area contributed by atoms with Gasteiger partial charge >= 0.3 is 0 Å². The molecule has 0 spiro atoms. The van der Waals surface area contributed by atoms with Crippen LogP contribution in [0.1, 0.15) is 11.7 Å². The lowest BCUT2D eigenvalue weighted by Gasteiger charge is -2.14. The monoisotopic (exact) mass is 375 g/mol. The Morgan fingerprint density at radius 3 is 2.65 bits per heavy atom.